The van der Waals surface area contributed by atoms with Gasteiger partial charge in [0.25, 0.3) is 0 Å². The topological polar surface area (TPSA) is 49.6 Å². The van der Waals surface area contributed by atoms with E-state index in [2.05, 4.69) is 36.2 Å². The first kappa shape index (κ1) is 14.1. The second kappa shape index (κ2) is 5.27. The number of anilines is 1. The lowest BCUT2D eigenvalue weighted by Crippen LogP contribution is -2.47. The summed E-state index contributed by atoms with van der Waals surface area (Å²) in [5.74, 6) is 1.48. The van der Waals surface area contributed by atoms with Gasteiger partial charge in [-0.2, -0.15) is 0 Å². The molecular formula is C18H25N3O. The molecule has 0 radical (unpaired) electrons. The van der Waals surface area contributed by atoms with E-state index in [1.807, 2.05) is 4.90 Å². The van der Waals surface area contributed by atoms with Crippen LogP contribution in [0.25, 0.3) is 0 Å². The van der Waals surface area contributed by atoms with Crippen molar-refractivity contribution in [3.8, 4) is 0 Å². The Balaban J connectivity index is 1.57. The van der Waals surface area contributed by atoms with Crippen LogP contribution in [0.5, 0.6) is 0 Å². The van der Waals surface area contributed by atoms with Crippen molar-refractivity contribution < 1.29 is 4.79 Å². The van der Waals surface area contributed by atoms with Crippen molar-refractivity contribution in [3.05, 3.63) is 29.8 Å². The van der Waals surface area contributed by atoms with Crippen LogP contribution < -0.4 is 10.6 Å². The molecule has 22 heavy (non-hydrogen) atoms. The molecule has 2 N–H and O–H groups in total. The van der Waals surface area contributed by atoms with Crippen LogP contribution in [-0.2, 0) is 11.3 Å². The Morgan fingerprint density at radius 3 is 2.73 bits per heavy atom. The van der Waals surface area contributed by atoms with Gasteiger partial charge in [0.15, 0.2) is 0 Å². The number of rotatable bonds is 1. The van der Waals surface area contributed by atoms with Crippen molar-refractivity contribution in [1.82, 2.24) is 4.90 Å². The highest BCUT2D eigenvalue weighted by Crippen LogP contribution is 2.48. The van der Waals surface area contributed by atoms with Gasteiger partial charge in [0.2, 0.25) is 5.91 Å². The average Bonchev–Trinajstić information content (AvgIpc) is 3.07. The van der Waals surface area contributed by atoms with Crippen molar-refractivity contribution in [2.24, 2.45) is 23.5 Å². The Morgan fingerprint density at radius 1 is 1.18 bits per heavy atom. The number of fused-ring (bicyclic) bond motifs is 3. The molecule has 4 atom stereocenters. The fourth-order valence-corrected chi connectivity index (χ4v) is 4.79. The van der Waals surface area contributed by atoms with Crippen LogP contribution in [0.3, 0.4) is 0 Å². The molecule has 118 valence electrons. The number of carbonyl (C=O) groups is 1. The van der Waals surface area contributed by atoms with Crippen molar-refractivity contribution in [3.63, 3.8) is 0 Å². The highest BCUT2D eigenvalue weighted by Gasteiger charge is 2.50. The van der Waals surface area contributed by atoms with E-state index in [-0.39, 0.29) is 12.0 Å². The quantitative estimate of drug-likeness (QED) is 0.861. The molecule has 1 aromatic rings. The SMILES string of the molecule is CN1CCN(C(=O)C2C3CCC(C3)C2N)Cc2ccccc21. The molecule has 2 aliphatic carbocycles. The lowest BCUT2D eigenvalue weighted by Gasteiger charge is -2.32. The van der Waals surface area contributed by atoms with E-state index >= 15 is 0 Å². The molecule has 4 heteroatoms. The Hall–Kier alpha value is -1.55. The summed E-state index contributed by atoms with van der Waals surface area (Å²) in [7, 11) is 2.11. The van der Waals surface area contributed by atoms with Gasteiger partial charge in [-0.1, -0.05) is 18.2 Å². The molecule has 0 aromatic heterocycles. The standard InChI is InChI=1S/C18H25N3O/c1-20-8-9-21(11-14-4-2-3-5-15(14)20)18(22)16-12-6-7-13(10-12)17(16)19/h2-5,12-13,16-17H,6-11,19H2,1H3. The minimum absolute atomic E-state index is 0.0642. The second-order valence-corrected chi connectivity index (χ2v) is 7.25. The molecule has 0 saturated heterocycles. The largest absolute Gasteiger partial charge is 0.373 e. The minimum atomic E-state index is 0.0642. The van der Waals surface area contributed by atoms with Gasteiger partial charge < -0.3 is 15.5 Å². The first-order valence-corrected chi connectivity index (χ1v) is 8.48. The molecule has 4 unspecified atom stereocenters. The third kappa shape index (κ3) is 2.12. The predicted octanol–water partition coefficient (Wildman–Crippen LogP) is 1.84. The van der Waals surface area contributed by atoms with E-state index in [0.29, 0.717) is 17.7 Å². The molecule has 2 fully saturated rings. The van der Waals surface area contributed by atoms with Crippen LogP contribution in [0.15, 0.2) is 24.3 Å². The monoisotopic (exact) mass is 299 g/mol. The first-order chi connectivity index (χ1) is 10.6. The molecule has 2 saturated carbocycles. The summed E-state index contributed by atoms with van der Waals surface area (Å²) in [4.78, 5) is 17.4. The number of para-hydroxylation sites is 1. The molecule has 2 bridgehead atoms. The normalized spacial score (nSPS) is 33.7. The van der Waals surface area contributed by atoms with Crippen molar-refractivity contribution in [2.75, 3.05) is 25.0 Å². The van der Waals surface area contributed by atoms with Gasteiger partial charge in [-0.15, -0.1) is 0 Å². The van der Waals surface area contributed by atoms with Crippen LogP contribution in [0.1, 0.15) is 24.8 Å². The van der Waals surface area contributed by atoms with E-state index in [1.165, 1.54) is 30.5 Å². The van der Waals surface area contributed by atoms with Crippen LogP contribution in [0, 0.1) is 17.8 Å². The van der Waals surface area contributed by atoms with Gasteiger partial charge in [-0.25, -0.2) is 0 Å². The Labute approximate surface area is 132 Å². The zero-order chi connectivity index (χ0) is 15.3. The molecule has 1 amide bonds. The predicted molar refractivity (Wildman–Crippen MR) is 87.4 cm³/mol. The molecule has 4 nitrogen and oxygen atoms in total. The van der Waals surface area contributed by atoms with Crippen LogP contribution in [-0.4, -0.2) is 37.0 Å². The lowest BCUT2D eigenvalue weighted by molar-refractivity contribution is -0.138. The van der Waals surface area contributed by atoms with Gasteiger partial charge in [-0.05, 0) is 42.7 Å². The number of nitrogens with two attached hydrogens (primary N) is 1. The van der Waals surface area contributed by atoms with Gasteiger partial charge in [0.05, 0.1) is 5.92 Å². The summed E-state index contributed by atoms with van der Waals surface area (Å²) >= 11 is 0. The van der Waals surface area contributed by atoms with Crippen molar-refractivity contribution >= 4 is 11.6 Å². The lowest BCUT2D eigenvalue weighted by atomic mass is 9.84. The molecule has 0 spiro atoms. The zero-order valence-electron chi connectivity index (χ0n) is 13.2. The summed E-state index contributed by atoms with van der Waals surface area (Å²) in [6, 6.07) is 8.50. The van der Waals surface area contributed by atoms with E-state index in [4.69, 9.17) is 5.73 Å². The molecule has 1 aromatic carbocycles. The summed E-state index contributed by atoms with van der Waals surface area (Å²) < 4.78 is 0. The second-order valence-electron chi connectivity index (χ2n) is 7.25. The molecule has 1 aliphatic heterocycles. The Bertz CT molecular complexity index is 585. The smallest absolute Gasteiger partial charge is 0.227 e. The van der Waals surface area contributed by atoms with Crippen LogP contribution in [0.2, 0.25) is 0 Å². The van der Waals surface area contributed by atoms with E-state index in [1.54, 1.807) is 0 Å². The number of carbonyl (C=O) groups excluding carboxylic acids is 1. The van der Waals surface area contributed by atoms with Gasteiger partial charge >= 0.3 is 0 Å². The number of hydrogen-bond acceptors (Lipinski definition) is 3. The maximum atomic E-state index is 13.1. The Kier molecular flexibility index (Phi) is 3.37. The molecule has 1 heterocycles. The summed E-state index contributed by atoms with van der Waals surface area (Å²) in [5, 5.41) is 0. The molecule has 4 rings (SSSR count). The highest BCUT2D eigenvalue weighted by atomic mass is 16.2. The zero-order valence-corrected chi connectivity index (χ0v) is 13.2. The first-order valence-electron chi connectivity index (χ1n) is 8.48. The molecular weight excluding hydrogens is 274 g/mol. The average molecular weight is 299 g/mol. The highest BCUT2D eigenvalue weighted by molar-refractivity contribution is 5.81. The molecule has 3 aliphatic rings. The van der Waals surface area contributed by atoms with Gasteiger partial charge in [-0.3, -0.25) is 4.79 Å². The van der Waals surface area contributed by atoms with Crippen LogP contribution >= 0.6 is 0 Å². The minimum Gasteiger partial charge on any atom is -0.373 e. The number of hydrogen-bond donors (Lipinski definition) is 1. The summed E-state index contributed by atoms with van der Waals surface area (Å²) in [6.45, 7) is 2.41. The van der Waals surface area contributed by atoms with Gasteiger partial charge in [0.1, 0.15) is 0 Å². The third-order valence-electron chi connectivity index (χ3n) is 6.05. The fourth-order valence-electron chi connectivity index (χ4n) is 4.79. The van der Waals surface area contributed by atoms with Crippen LogP contribution in [0.4, 0.5) is 5.69 Å². The van der Waals surface area contributed by atoms with Crippen molar-refractivity contribution in [1.29, 1.82) is 0 Å². The van der Waals surface area contributed by atoms with E-state index < -0.39 is 0 Å². The maximum absolute atomic E-state index is 13.1. The Morgan fingerprint density at radius 2 is 1.95 bits per heavy atom. The number of amides is 1. The number of nitrogens with zero attached hydrogens (tertiary/aromatic N) is 2. The third-order valence-corrected chi connectivity index (χ3v) is 6.05. The fraction of sp³-hybridized carbons (Fsp3) is 0.611. The van der Waals surface area contributed by atoms with Gasteiger partial charge in [0, 0.05) is 38.4 Å². The van der Waals surface area contributed by atoms with E-state index in [9.17, 15) is 4.79 Å². The van der Waals surface area contributed by atoms with E-state index in [0.717, 1.165) is 19.6 Å². The number of benzene rings is 1. The van der Waals surface area contributed by atoms with Crippen molar-refractivity contribution in [2.45, 2.75) is 31.8 Å². The summed E-state index contributed by atoms with van der Waals surface area (Å²) in [6.07, 6.45) is 3.59. The summed E-state index contributed by atoms with van der Waals surface area (Å²) in [5.41, 5.74) is 8.86. The number of likely N-dealkylation sites (N-methyl/N-ethyl adjacent to an activating group) is 1. The maximum Gasteiger partial charge on any atom is 0.227 e.